The van der Waals surface area contributed by atoms with Crippen molar-refractivity contribution in [2.75, 3.05) is 6.61 Å². The molecule has 4 N–H and O–H groups in total. The fourth-order valence-corrected chi connectivity index (χ4v) is 4.42. The Balaban J connectivity index is 1.95. The fourth-order valence-electron chi connectivity index (χ4n) is 3.17. The molecule has 1 heterocycles. The van der Waals surface area contributed by atoms with Crippen LogP contribution in [0.1, 0.15) is 37.3 Å². The number of hydrogen-bond donors (Lipinski definition) is 3. The standard InChI is InChI=1S/C21H23F2N3O2S/c1-13(24)6-9-19(27)26-21(10-11-28-18-5-3-2-4-16(18)21)29-20(25)15-12-14(22)7-8-17(15)23/h2-5,7-8,12-13,25H,6,9-11,24H2,1H3,(H,26,27). The minimum absolute atomic E-state index is 0.119. The molecule has 1 aliphatic heterocycles. The van der Waals surface area contributed by atoms with Crippen LogP contribution in [0.4, 0.5) is 8.78 Å². The molecule has 0 saturated heterocycles. The number of nitrogens with two attached hydrogens (primary N) is 1. The Hall–Kier alpha value is -2.45. The molecule has 0 radical (unpaired) electrons. The Morgan fingerprint density at radius 1 is 1.34 bits per heavy atom. The molecule has 1 aliphatic rings. The van der Waals surface area contributed by atoms with Crippen LogP contribution in [0, 0.1) is 17.0 Å². The van der Waals surface area contributed by atoms with E-state index < -0.39 is 16.5 Å². The number of ether oxygens (including phenoxy) is 1. The van der Waals surface area contributed by atoms with Crippen molar-refractivity contribution in [3.05, 3.63) is 65.2 Å². The number of rotatable bonds is 6. The average molecular weight is 419 g/mol. The molecule has 0 fully saturated rings. The zero-order valence-electron chi connectivity index (χ0n) is 16.0. The second-order valence-electron chi connectivity index (χ2n) is 7.04. The van der Waals surface area contributed by atoms with Gasteiger partial charge in [-0.15, -0.1) is 0 Å². The molecule has 8 heteroatoms. The molecule has 0 saturated carbocycles. The quantitative estimate of drug-likeness (QED) is 0.376. The summed E-state index contributed by atoms with van der Waals surface area (Å²) >= 11 is 0.983. The highest BCUT2D eigenvalue weighted by Crippen LogP contribution is 2.46. The summed E-state index contributed by atoms with van der Waals surface area (Å²) in [6.45, 7) is 2.14. The van der Waals surface area contributed by atoms with Crippen molar-refractivity contribution in [2.45, 2.75) is 37.1 Å². The van der Waals surface area contributed by atoms with Crippen LogP contribution in [-0.4, -0.2) is 23.6 Å². The normalized spacial score (nSPS) is 19.0. The molecule has 2 aromatic rings. The van der Waals surface area contributed by atoms with Gasteiger partial charge in [-0.2, -0.15) is 0 Å². The van der Waals surface area contributed by atoms with Gasteiger partial charge in [0.15, 0.2) is 0 Å². The predicted octanol–water partition coefficient (Wildman–Crippen LogP) is 3.90. The molecule has 3 rings (SSSR count). The summed E-state index contributed by atoms with van der Waals surface area (Å²) in [4.78, 5) is 11.6. The van der Waals surface area contributed by atoms with Crippen molar-refractivity contribution in [1.82, 2.24) is 5.32 Å². The lowest BCUT2D eigenvalue weighted by atomic mass is 9.99. The van der Waals surface area contributed by atoms with Gasteiger partial charge in [-0.25, -0.2) is 8.78 Å². The molecule has 0 aliphatic carbocycles. The van der Waals surface area contributed by atoms with Gasteiger partial charge >= 0.3 is 0 Å². The highest BCUT2D eigenvalue weighted by Gasteiger charge is 2.41. The molecule has 154 valence electrons. The van der Waals surface area contributed by atoms with Crippen molar-refractivity contribution in [2.24, 2.45) is 5.73 Å². The number of nitrogens with one attached hydrogen (secondary N) is 2. The van der Waals surface area contributed by atoms with Crippen LogP contribution in [0.25, 0.3) is 0 Å². The van der Waals surface area contributed by atoms with E-state index in [1.165, 1.54) is 0 Å². The van der Waals surface area contributed by atoms with Gasteiger partial charge in [0.2, 0.25) is 5.91 Å². The molecule has 2 atom stereocenters. The van der Waals surface area contributed by atoms with E-state index in [0.717, 1.165) is 30.0 Å². The lowest BCUT2D eigenvalue weighted by molar-refractivity contribution is -0.122. The van der Waals surface area contributed by atoms with Crippen LogP contribution in [-0.2, 0) is 9.67 Å². The largest absolute Gasteiger partial charge is 0.493 e. The molecule has 1 amide bonds. The Labute approximate surface area is 172 Å². The third-order valence-corrected chi connectivity index (χ3v) is 5.95. The number of carbonyl (C=O) groups excluding carboxylic acids is 1. The summed E-state index contributed by atoms with van der Waals surface area (Å²) in [6, 6.07) is 10.1. The van der Waals surface area contributed by atoms with Crippen LogP contribution >= 0.6 is 11.8 Å². The van der Waals surface area contributed by atoms with Crippen LogP contribution < -0.4 is 15.8 Å². The maximum Gasteiger partial charge on any atom is 0.221 e. The SMILES string of the molecule is CC(N)CCC(=O)NC1(SC(=N)c2cc(F)ccc2F)CCOc2ccccc21. The topological polar surface area (TPSA) is 88.2 Å². The molecule has 2 aromatic carbocycles. The molecule has 2 unspecified atom stereocenters. The lowest BCUT2D eigenvalue weighted by Crippen LogP contribution is -2.47. The van der Waals surface area contributed by atoms with Crippen LogP contribution in [0.5, 0.6) is 5.75 Å². The third-order valence-electron chi connectivity index (χ3n) is 4.65. The first-order chi connectivity index (χ1) is 13.8. The van der Waals surface area contributed by atoms with E-state index in [2.05, 4.69) is 5.32 Å². The number of fused-ring (bicyclic) bond motifs is 1. The fraction of sp³-hybridized carbons (Fsp3) is 0.333. The first-order valence-corrected chi connectivity index (χ1v) is 10.1. The summed E-state index contributed by atoms with van der Waals surface area (Å²) in [5.41, 5.74) is 6.29. The maximum absolute atomic E-state index is 14.2. The molecular formula is C21H23F2N3O2S. The predicted molar refractivity (Wildman–Crippen MR) is 110 cm³/mol. The number of amides is 1. The average Bonchev–Trinajstić information content (AvgIpc) is 2.68. The highest BCUT2D eigenvalue weighted by atomic mass is 32.2. The number of halogens is 2. The summed E-state index contributed by atoms with van der Waals surface area (Å²) in [5.74, 6) is -0.956. The zero-order chi connectivity index (χ0) is 21.0. The molecule has 0 bridgehead atoms. The van der Waals surface area contributed by atoms with Crippen LogP contribution in [0.3, 0.4) is 0 Å². The Morgan fingerprint density at radius 3 is 2.86 bits per heavy atom. The first-order valence-electron chi connectivity index (χ1n) is 9.32. The van der Waals surface area contributed by atoms with E-state index in [1.807, 2.05) is 25.1 Å². The Morgan fingerprint density at radius 2 is 2.10 bits per heavy atom. The second kappa shape index (κ2) is 8.92. The number of para-hydroxylation sites is 1. The van der Waals surface area contributed by atoms with Crippen molar-refractivity contribution >= 4 is 22.7 Å². The Kier molecular flexibility index (Phi) is 6.54. The van der Waals surface area contributed by atoms with Gasteiger partial charge in [0, 0.05) is 30.0 Å². The zero-order valence-corrected chi connectivity index (χ0v) is 16.8. The van der Waals surface area contributed by atoms with Crippen LogP contribution in [0.2, 0.25) is 0 Å². The number of carbonyl (C=O) groups is 1. The number of hydrogen-bond acceptors (Lipinski definition) is 5. The second-order valence-corrected chi connectivity index (χ2v) is 8.35. The van der Waals surface area contributed by atoms with Gasteiger partial charge in [0.1, 0.15) is 22.3 Å². The smallest absolute Gasteiger partial charge is 0.221 e. The number of benzene rings is 2. The van der Waals surface area contributed by atoms with Crippen molar-refractivity contribution in [3.8, 4) is 5.75 Å². The molecular weight excluding hydrogens is 396 g/mol. The van der Waals surface area contributed by atoms with Gasteiger partial charge in [-0.1, -0.05) is 30.0 Å². The minimum Gasteiger partial charge on any atom is -0.493 e. The summed E-state index contributed by atoms with van der Waals surface area (Å²) in [5, 5.41) is 11.3. The van der Waals surface area contributed by atoms with Crippen LogP contribution in [0.15, 0.2) is 42.5 Å². The van der Waals surface area contributed by atoms with Crippen molar-refractivity contribution < 1.29 is 18.3 Å². The summed E-state index contributed by atoms with van der Waals surface area (Å²) < 4.78 is 33.6. The first kappa shape index (κ1) is 21.3. The molecule has 5 nitrogen and oxygen atoms in total. The van der Waals surface area contributed by atoms with Gasteiger partial charge in [0.05, 0.1) is 11.7 Å². The van der Waals surface area contributed by atoms with E-state index in [-0.39, 0.29) is 29.0 Å². The van der Waals surface area contributed by atoms with E-state index in [4.69, 9.17) is 15.9 Å². The van der Waals surface area contributed by atoms with E-state index >= 15 is 0 Å². The van der Waals surface area contributed by atoms with E-state index in [9.17, 15) is 13.6 Å². The van der Waals surface area contributed by atoms with Crippen molar-refractivity contribution in [3.63, 3.8) is 0 Å². The van der Waals surface area contributed by atoms with Gasteiger partial charge < -0.3 is 15.8 Å². The molecule has 0 spiro atoms. The van der Waals surface area contributed by atoms with Gasteiger partial charge in [-0.05, 0) is 37.6 Å². The third kappa shape index (κ3) is 4.94. The monoisotopic (exact) mass is 419 g/mol. The van der Waals surface area contributed by atoms with Crippen molar-refractivity contribution in [1.29, 1.82) is 5.41 Å². The molecule has 0 aromatic heterocycles. The number of thioether (sulfide) groups is 1. The van der Waals surface area contributed by atoms with E-state index in [1.54, 1.807) is 6.07 Å². The maximum atomic E-state index is 14.2. The van der Waals surface area contributed by atoms with E-state index in [0.29, 0.717) is 30.8 Å². The summed E-state index contributed by atoms with van der Waals surface area (Å²) in [7, 11) is 0. The Bertz CT molecular complexity index is 923. The minimum atomic E-state index is -1.03. The summed E-state index contributed by atoms with van der Waals surface area (Å²) in [6.07, 6.45) is 1.11. The lowest BCUT2D eigenvalue weighted by Gasteiger charge is -2.39. The molecule has 29 heavy (non-hydrogen) atoms. The van der Waals surface area contributed by atoms with Gasteiger partial charge in [0.25, 0.3) is 0 Å². The highest BCUT2D eigenvalue weighted by molar-refractivity contribution is 8.15. The van der Waals surface area contributed by atoms with Gasteiger partial charge in [-0.3, -0.25) is 10.2 Å².